The maximum atomic E-state index is 12.8. The van der Waals surface area contributed by atoms with Crippen LogP contribution in [-0.2, 0) is 6.61 Å². The molecule has 0 atom stereocenters. The zero-order valence-electron chi connectivity index (χ0n) is 19.1. The summed E-state index contributed by atoms with van der Waals surface area (Å²) in [5, 5.41) is 3.42. The van der Waals surface area contributed by atoms with Gasteiger partial charge in [0.15, 0.2) is 5.78 Å². The summed E-state index contributed by atoms with van der Waals surface area (Å²) in [6, 6.07) is 25.7. The predicted molar refractivity (Wildman–Crippen MR) is 137 cm³/mol. The first-order valence-electron chi connectivity index (χ1n) is 11.3. The zero-order chi connectivity index (χ0) is 23.5. The molecule has 0 bridgehead atoms. The summed E-state index contributed by atoms with van der Waals surface area (Å²) in [6.07, 6.45) is 3.24. The molecule has 0 fully saturated rings. The van der Waals surface area contributed by atoms with E-state index in [1.54, 1.807) is 23.9 Å². The Labute approximate surface area is 203 Å². The zero-order valence-corrected chi connectivity index (χ0v) is 19.9. The summed E-state index contributed by atoms with van der Waals surface area (Å²) in [5.41, 5.74) is 3.91. The van der Waals surface area contributed by atoms with E-state index in [0.29, 0.717) is 29.6 Å². The second kappa shape index (κ2) is 9.65. The van der Waals surface area contributed by atoms with Crippen molar-refractivity contribution >= 4 is 35.0 Å². The van der Waals surface area contributed by atoms with Crippen LogP contribution in [0.5, 0.6) is 5.75 Å². The van der Waals surface area contributed by atoms with Crippen molar-refractivity contribution in [2.45, 2.75) is 36.2 Å². The Morgan fingerprint density at radius 1 is 0.971 bits per heavy atom. The fourth-order valence-electron chi connectivity index (χ4n) is 3.71. The van der Waals surface area contributed by atoms with Crippen molar-refractivity contribution in [3.05, 3.63) is 108 Å². The van der Waals surface area contributed by atoms with Gasteiger partial charge in [0.2, 0.25) is 0 Å². The van der Waals surface area contributed by atoms with Gasteiger partial charge in [-0.2, -0.15) is 0 Å². The van der Waals surface area contributed by atoms with E-state index in [1.807, 2.05) is 60.7 Å². The molecule has 4 nitrogen and oxygen atoms in total. The number of carbonyl (C=O) groups excluding carboxylic acids is 1. The second-order valence-corrected chi connectivity index (χ2v) is 9.53. The van der Waals surface area contributed by atoms with Gasteiger partial charge in [0.25, 0.3) is 0 Å². The van der Waals surface area contributed by atoms with Crippen molar-refractivity contribution in [3.63, 3.8) is 0 Å². The topological polar surface area (TPSA) is 51.5 Å². The average molecular weight is 468 g/mol. The van der Waals surface area contributed by atoms with Crippen molar-refractivity contribution in [1.29, 1.82) is 0 Å². The first-order chi connectivity index (χ1) is 16.5. The molecular formula is C29H25NO3S. The molecule has 1 aliphatic rings. The van der Waals surface area contributed by atoms with Crippen molar-refractivity contribution < 1.29 is 13.9 Å². The number of fused-ring (bicyclic) bond motifs is 2. The van der Waals surface area contributed by atoms with E-state index in [9.17, 15) is 4.79 Å². The van der Waals surface area contributed by atoms with Gasteiger partial charge in [-0.25, -0.2) is 0 Å². The molecule has 2 heterocycles. The third kappa shape index (κ3) is 4.95. The van der Waals surface area contributed by atoms with Crippen LogP contribution in [0, 0.1) is 0 Å². The number of anilines is 2. The van der Waals surface area contributed by atoms with E-state index in [0.717, 1.165) is 22.0 Å². The lowest BCUT2D eigenvalue weighted by molar-refractivity contribution is 0.104. The van der Waals surface area contributed by atoms with E-state index >= 15 is 0 Å². The van der Waals surface area contributed by atoms with Crippen LogP contribution in [-0.4, -0.2) is 5.78 Å². The standard InChI is InChI=1S/C29H25NO3S/c1-19(2)20-7-10-22(11-8-20)32-18-24-13-12-23(33-24)14-15-27(31)21-9-16-29-26(17-21)30-25-5-3-4-6-28(25)34-29/h3-17,19,30H,18H2,1-2H3/b15-14+. The van der Waals surface area contributed by atoms with Crippen LogP contribution in [0.3, 0.4) is 0 Å². The van der Waals surface area contributed by atoms with Crippen LogP contribution >= 0.6 is 11.8 Å². The molecule has 5 rings (SSSR count). The molecule has 3 aromatic carbocycles. The van der Waals surface area contributed by atoms with Crippen molar-refractivity contribution in [1.82, 2.24) is 0 Å². The number of furan rings is 1. The monoisotopic (exact) mass is 467 g/mol. The Hall–Kier alpha value is -3.70. The van der Waals surface area contributed by atoms with Gasteiger partial charge >= 0.3 is 0 Å². The van der Waals surface area contributed by atoms with E-state index < -0.39 is 0 Å². The van der Waals surface area contributed by atoms with Gasteiger partial charge in [0, 0.05) is 15.4 Å². The smallest absolute Gasteiger partial charge is 0.186 e. The SMILES string of the molecule is CC(C)c1ccc(OCc2ccc(/C=C/C(=O)c3ccc4c(c3)Nc3ccccc3S4)o2)cc1. The molecule has 0 radical (unpaired) electrons. The minimum Gasteiger partial charge on any atom is -0.486 e. The summed E-state index contributed by atoms with van der Waals surface area (Å²) in [4.78, 5) is 15.0. The Kier molecular flexibility index (Phi) is 6.28. The van der Waals surface area contributed by atoms with Crippen LogP contribution in [0.1, 0.15) is 47.2 Å². The fourth-order valence-corrected chi connectivity index (χ4v) is 4.68. The van der Waals surface area contributed by atoms with Crippen LogP contribution in [0.2, 0.25) is 0 Å². The molecule has 0 spiro atoms. The molecule has 0 unspecified atom stereocenters. The van der Waals surface area contributed by atoms with Crippen LogP contribution in [0.15, 0.2) is 99.1 Å². The molecule has 0 aliphatic carbocycles. The van der Waals surface area contributed by atoms with Crippen LogP contribution < -0.4 is 10.1 Å². The molecular weight excluding hydrogens is 442 g/mol. The maximum absolute atomic E-state index is 12.8. The van der Waals surface area contributed by atoms with Gasteiger partial charge in [-0.1, -0.05) is 49.9 Å². The highest BCUT2D eigenvalue weighted by Crippen LogP contribution is 2.44. The number of nitrogens with one attached hydrogen (secondary N) is 1. The number of hydrogen-bond donors (Lipinski definition) is 1. The minimum atomic E-state index is -0.0760. The molecule has 0 saturated carbocycles. The maximum Gasteiger partial charge on any atom is 0.186 e. The van der Waals surface area contributed by atoms with E-state index in [4.69, 9.17) is 9.15 Å². The third-order valence-electron chi connectivity index (χ3n) is 5.65. The van der Waals surface area contributed by atoms with Crippen LogP contribution in [0.25, 0.3) is 6.08 Å². The van der Waals surface area contributed by atoms with Gasteiger partial charge in [0.05, 0.1) is 11.4 Å². The van der Waals surface area contributed by atoms with Crippen molar-refractivity contribution in [2.24, 2.45) is 0 Å². The number of allylic oxidation sites excluding steroid dienone is 1. The fraction of sp³-hybridized carbons (Fsp3) is 0.138. The number of para-hydroxylation sites is 1. The predicted octanol–water partition coefficient (Wildman–Crippen LogP) is 8.09. The highest BCUT2D eigenvalue weighted by Gasteiger charge is 2.16. The normalized spacial score (nSPS) is 12.3. The largest absolute Gasteiger partial charge is 0.486 e. The van der Waals surface area contributed by atoms with Crippen molar-refractivity contribution in [2.75, 3.05) is 5.32 Å². The molecule has 5 heteroatoms. The average Bonchev–Trinajstić information content (AvgIpc) is 3.32. The van der Waals surface area contributed by atoms with Gasteiger partial charge in [-0.3, -0.25) is 4.79 Å². The number of carbonyl (C=O) groups is 1. The Morgan fingerprint density at radius 2 is 1.76 bits per heavy atom. The number of ketones is 1. The lowest BCUT2D eigenvalue weighted by Crippen LogP contribution is -2.02. The number of hydrogen-bond acceptors (Lipinski definition) is 5. The number of ether oxygens (including phenoxy) is 1. The quantitative estimate of drug-likeness (QED) is 0.194. The molecule has 170 valence electrons. The number of rotatable bonds is 7. The molecule has 0 saturated heterocycles. The van der Waals surface area contributed by atoms with E-state index in [1.165, 1.54) is 10.5 Å². The third-order valence-corrected chi connectivity index (χ3v) is 6.80. The van der Waals surface area contributed by atoms with Gasteiger partial charge in [0.1, 0.15) is 23.9 Å². The molecule has 1 aliphatic heterocycles. The van der Waals surface area contributed by atoms with Crippen molar-refractivity contribution in [3.8, 4) is 5.75 Å². The van der Waals surface area contributed by atoms with Gasteiger partial charge in [-0.15, -0.1) is 0 Å². The number of benzene rings is 3. The Morgan fingerprint density at radius 3 is 2.59 bits per heavy atom. The minimum absolute atomic E-state index is 0.0760. The van der Waals surface area contributed by atoms with E-state index in [-0.39, 0.29) is 5.78 Å². The molecule has 1 N–H and O–H groups in total. The molecule has 1 aromatic heterocycles. The summed E-state index contributed by atoms with van der Waals surface area (Å²) < 4.78 is 11.6. The van der Waals surface area contributed by atoms with Gasteiger partial charge < -0.3 is 14.5 Å². The molecule has 4 aromatic rings. The lowest BCUT2D eigenvalue weighted by Gasteiger charge is -2.20. The van der Waals surface area contributed by atoms with Crippen LogP contribution in [0.4, 0.5) is 11.4 Å². The summed E-state index contributed by atoms with van der Waals surface area (Å²) >= 11 is 1.70. The molecule has 0 amide bonds. The summed E-state index contributed by atoms with van der Waals surface area (Å²) in [7, 11) is 0. The summed E-state index contributed by atoms with van der Waals surface area (Å²) in [5.74, 6) is 2.53. The lowest BCUT2D eigenvalue weighted by atomic mass is 10.0. The Bertz CT molecular complexity index is 1350. The Balaban J connectivity index is 1.20. The second-order valence-electron chi connectivity index (χ2n) is 8.45. The highest BCUT2D eigenvalue weighted by molar-refractivity contribution is 7.99. The highest BCUT2D eigenvalue weighted by atomic mass is 32.2. The first-order valence-corrected chi connectivity index (χ1v) is 12.1. The summed E-state index contributed by atoms with van der Waals surface area (Å²) in [6.45, 7) is 4.66. The van der Waals surface area contributed by atoms with E-state index in [2.05, 4.69) is 37.4 Å². The van der Waals surface area contributed by atoms with Gasteiger partial charge in [-0.05, 0) is 78.2 Å². The molecule has 34 heavy (non-hydrogen) atoms. The first kappa shape index (κ1) is 22.1.